The normalized spacial score (nSPS) is 13.6. The summed E-state index contributed by atoms with van der Waals surface area (Å²) >= 11 is 1.55. The van der Waals surface area contributed by atoms with Gasteiger partial charge < -0.3 is 4.90 Å². The van der Waals surface area contributed by atoms with E-state index in [0.29, 0.717) is 32.0 Å². The minimum Gasteiger partial charge on any atom is -0.336 e. The molecule has 1 aliphatic heterocycles. The van der Waals surface area contributed by atoms with Crippen LogP contribution in [0.5, 0.6) is 0 Å². The van der Waals surface area contributed by atoms with E-state index in [0.717, 1.165) is 31.8 Å². The third kappa shape index (κ3) is 4.11. The highest BCUT2D eigenvalue weighted by atomic mass is 32.1. The van der Waals surface area contributed by atoms with Crippen LogP contribution in [0.4, 0.5) is 0 Å². The lowest BCUT2D eigenvalue weighted by Crippen LogP contribution is -2.39. The van der Waals surface area contributed by atoms with Crippen LogP contribution in [0.15, 0.2) is 71.8 Å². The van der Waals surface area contributed by atoms with Gasteiger partial charge in [0.2, 0.25) is 5.91 Å². The fourth-order valence-electron chi connectivity index (χ4n) is 4.68. The highest BCUT2D eigenvalue weighted by molar-refractivity contribution is 7.18. The fraction of sp³-hybridized carbons (Fsp3) is 0.296. The number of aromatic nitrogens is 2. The van der Waals surface area contributed by atoms with E-state index in [1.54, 1.807) is 22.2 Å². The van der Waals surface area contributed by atoms with Crippen LogP contribution in [0.25, 0.3) is 10.2 Å². The maximum atomic E-state index is 13.8. The molecule has 2 aromatic carbocycles. The largest absolute Gasteiger partial charge is 0.336 e. The first-order valence-corrected chi connectivity index (χ1v) is 12.2. The molecule has 3 heterocycles. The molecule has 0 saturated carbocycles. The number of rotatable bonds is 5. The van der Waals surface area contributed by atoms with Crippen molar-refractivity contribution in [2.75, 3.05) is 6.54 Å². The lowest BCUT2D eigenvalue weighted by atomic mass is 9.89. The molecular weight excluding hydrogens is 430 g/mol. The van der Waals surface area contributed by atoms with Gasteiger partial charge >= 0.3 is 0 Å². The minimum atomic E-state index is -0.343. The molecule has 6 heteroatoms. The summed E-state index contributed by atoms with van der Waals surface area (Å²) in [4.78, 5) is 35.3. The third-order valence-corrected chi connectivity index (χ3v) is 7.34. The van der Waals surface area contributed by atoms with Crippen molar-refractivity contribution in [1.82, 2.24) is 14.5 Å². The number of amides is 1. The van der Waals surface area contributed by atoms with Crippen molar-refractivity contribution in [2.24, 2.45) is 5.92 Å². The van der Waals surface area contributed by atoms with Gasteiger partial charge in [-0.1, -0.05) is 74.5 Å². The van der Waals surface area contributed by atoms with Gasteiger partial charge in [0.25, 0.3) is 5.56 Å². The fourth-order valence-corrected chi connectivity index (χ4v) is 5.87. The first kappa shape index (κ1) is 21.6. The van der Waals surface area contributed by atoms with Crippen molar-refractivity contribution in [3.8, 4) is 0 Å². The van der Waals surface area contributed by atoms with Crippen LogP contribution < -0.4 is 5.56 Å². The van der Waals surface area contributed by atoms with Crippen LogP contribution in [0.2, 0.25) is 0 Å². The SMILES string of the molecule is CC(C)Cn1cnc2sc3c(c2c1=O)CCN(C(=O)C(c1ccccc1)c1ccccc1)C3. The first-order chi connectivity index (χ1) is 16.0. The Labute approximate surface area is 197 Å². The molecule has 1 amide bonds. The molecule has 33 heavy (non-hydrogen) atoms. The molecule has 0 fully saturated rings. The van der Waals surface area contributed by atoms with Gasteiger partial charge in [0.15, 0.2) is 0 Å². The van der Waals surface area contributed by atoms with E-state index in [2.05, 4.69) is 18.8 Å². The number of hydrogen-bond donors (Lipinski definition) is 0. The van der Waals surface area contributed by atoms with Gasteiger partial charge in [-0.05, 0) is 29.0 Å². The van der Waals surface area contributed by atoms with E-state index in [9.17, 15) is 9.59 Å². The summed E-state index contributed by atoms with van der Waals surface area (Å²) in [5.41, 5.74) is 3.10. The molecule has 0 radical (unpaired) electrons. The average Bonchev–Trinajstić information content (AvgIpc) is 3.21. The molecule has 2 aromatic heterocycles. The zero-order valence-corrected chi connectivity index (χ0v) is 19.7. The Hall–Kier alpha value is -3.25. The number of nitrogens with zero attached hydrogens (tertiary/aromatic N) is 3. The maximum absolute atomic E-state index is 13.8. The maximum Gasteiger partial charge on any atom is 0.262 e. The molecule has 0 aliphatic carbocycles. The Morgan fingerprint density at radius 3 is 2.27 bits per heavy atom. The lowest BCUT2D eigenvalue weighted by molar-refractivity contribution is -0.132. The third-order valence-electron chi connectivity index (χ3n) is 6.21. The van der Waals surface area contributed by atoms with Gasteiger partial charge in [-0.25, -0.2) is 4.98 Å². The van der Waals surface area contributed by atoms with E-state index in [1.165, 1.54) is 0 Å². The van der Waals surface area contributed by atoms with Crippen molar-refractivity contribution in [3.63, 3.8) is 0 Å². The molecule has 0 bridgehead atoms. The molecular formula is C27H27N3O2S. The molecule has 0 atom stereocenters. The van der Waals surface area contributed by atoms with Crippen molar-refractivity contribution in [2.45, 2.75) is 39.3 Å². The smallest absolute Gasteiger partial charge is 0.262 e. The van der Waals surface area contributed by atoms with Crippen LogP contribution >= 0.6 is 11.3 Å². The van der Waals surface area contributed by atoms with Crippen molar-refractivity contribution < 1.29 is 4.79 Å². The van der Waals surface area contributed by atoms with Crippen LogP contribution in [-0.2, 0) is 24.3 Å². The summed E-state index contributed by atoms with van der Waals surface area (Å²) in [7, 11) is 0. The molecule has 1 aliphatic rings. The Balaban J connectivity index is 1.49. The minimum absolute atomic E-state index is 0.0393. The molecule has 5 nitrogen and oxygen atoms in total. The van der Waals surface area contributed by atoms with Gasteiger partial charge in [0.05, 0.1) is 24.2 Å². The lowest BCUT2D eigenvalue weighted by Gasteiger charge is -2.31. The molecule has 5 rings (SSSR count). The summed E-state index contributed by atoms with van der Waals surface area (Å²) in [6.07, 6.45) is 2.34. The predicted molar refractivity (Wildman–Crippen MR) is 133 cm³/mol. The summed E-state index contributed by atoms with van der Waals surface area (Å²) in [5, 5.41) is 0.743. The summed E-state index contributed by atoms with van der Waals surface area (Å²) in [6.45, 7) is 5.98. The van der Waals surface area contributed by atoms with E-state index in [4.69, 9.17) is 0 Å². The Morgan fingerprint density at radius 2 is 1.67 bits per heavy atom. The number of hydrogen-bond acceptors (Lipinski definition) is 4. The Morgan fingerprint density at radius 1 is 1.03 bits per heavy atom. The monoisotopic (exact) mass is 457 g/mol. The van der Waals surface area contributed by atoms with Crippen LogP contribution in [0.3, 0.4) is 0 Å². The second-order valence-electron chi connectivity index (χ2n) is 9.04. The standard InChI is InChI=1S/C27H27N3O2S/c1-18(2)15-30-17-28-25-24(27(30)32)21-13-14-29(16-22(21)33-25)26(31)23(19-9-5-3-6-10-19)20-11-7-4-8-12-20/h3-12,17-18,23H,13-16H2,1-2H3. The van der Waals surface area contributed by atoms with E-state index in [-0.39, 0.29) is 17.4 Å². The molecule has 0 saturated heterocycles. The summed E-state index contributed by atoms with van der Waals surface area (Å²) in [6, 6.07) is 19.9. The summed E-state index contributed by atoms with van der Waals surface area (Å²) < 4.78 is 1.72. The molecule has 4 aromatic rings. The van der Waals surface area contributed by atoms with Crippen molar-refractivity contribution in [1.29, 1.82) is 0 Å². The van der Waals surface area contributed by atoms with Gasteiger partial charge in [-0.2, -0.15) is 0 Å². The van der Waals surface area contributed by atoms with E-state index in [1.807, 2.05) is 65.6 Å². The van der Waals surface area contributed by atoms with E-state index >= 15 is 0 Å². The van der Waals surface area contributed by atoms with Crippen molar-refractivity contribution in [3.05, 3.63) is 98.9 Å². The van der Waals surface area contributed by atoms with Crippen LogP contribution in [0.1, 0.15) is 41.3 Å². The highest BCUT2D eigenvalue weighted by Crippen LogP contribution is 2.35. The number of fused-ring (bicyclic) bond motifs is 3. The van der Waals surface area contributed by atoms with Crippen molar-refractivity contribution >= 4 is 27.5 Å². The number of thiophene rings is 1. The Kier molecular flexibility index (Phi) is 5.85. The Bertz CT molecular complexity index is 1300. The van der Waals surface area contributed by atoms with Crippen LogP contribution in [-0.4, -0.2) is 26.9 Å². The van der Waals surface area contributed by atoms with Gasteiger partial charge in [-0.3, -0.25) is 14.2 Å². The van der Waals surface area contributed by atoms with E-state index < -0.39 is 0 Å². The molecule has 0 spiro atoms. The first-order valence-electron chi connectivity index (χ1n) is 11.4. The second kappa shape index (κ2) is 8.94. The van der Waals surface area contributed by atoms with Crippen LogP contribution in [0, 0.1) is 5.92 Å². The number of benzene rings is 2. The van der Waals surface area contributed by atoms with Gasteiger partial charge in [0, 0.05) is 18.0 Å². The predicted octanol–water partition coefficient (Wildman–Crippen LogP) is 4.83. The van der Waals surface area contributed by atoms with Gasteiger partial charge in [0.1, 0.15) is 4.83 Å². The van der Waals surface area contributed by atoms with Gasteiger partial charge in [-0.15, -0.1) is 11.3 Å². The highest BCUT2D eigenvalue weighted by Gasteiger charge is 2.32. The zero-order valence-electron chi connectivity index (χ0n) is 18.9. The summed E-state index contributed by atoms with van der Waals surface area (Å²) in [5.74, 6) is 0.128. The number of carbonyl (C=O) groups is 1. The molecule has 0 N–H and O–H groups in total. The zero-order chi connectivity index (χ0) is 22.9. The number of carbonyl (C=O) groups excluding carboxylic acids is 1. The topological polar surface area (TPSA) is 55.2 Å². The average molecular weight is 458 g/mol. The molecule has 0 unspecified atom stereocenters. The second-order valence-corrected chi connectivity index (χ2v) is 10.1. The quantitative estimate of drug-likeness (QED) is 0.431. The molecule has 168 valence electrons.